The maximum Gasteiger partial charge on any atom is 0.252 e. The summed E-state index contributed by atoms with van der Waals surface area (Å²) in [4.78, 5) is 14.3. The lowest BCUT2D eigenvalue weighted by Crippen LogP contribution is -2.54. The summed E-state index contributed by atoms with van der Waals surface area (Å²) in [6.45, 7) is 3.59. The molecule has 0 bridgehead atoms. The lowest BCUT2D eigenvalue weighted by atomic mass is 10.1. The summed E-state index contributed by atoms with van der Waals surface area (Å²) in [6.07, 6.45) is 1.50. The van der Waals surface area contributed by atoms with E-state index in [0.717, 1.165) is 31.5 Å². The Labute approximate surface area is 134 Å². The number of likely N-dealkylation sites (tertiary alicyclic amines) is 1. The molecule has 20 heavy (non-hydrogen) atoms. The molecule has 3 nitrogen and oxygen atoms in total. The number of alkyl halides is 3. The molecule has 0 saturated carbocycles. The number of hydrogen-bond donors (Lipinski definition) is 1. The molecule has 110 valence electrons. The number of nitrogens with one attached hydrogen (secondary N) is 1. The Morgan fingerprint density at radius 3 is 2.50 bits per heavy atom. The minimum atomic E-state index is -1.55. The van der Waals surface area contributed by atoms with Gasteiger partial charge in [-0.2, -0.15) is 0 Å². The average molecular weight is 336 g/mol. The first-order valence-corrected chi connectivity index (χ1v) is 7.69. The highest BCUT2D eigenvalue weighted by Gasteiger charge is 2.39. The fraction of sp³-hybridized carbons (Fsp3) is 0.500. The molecule has 1 heterocycles. The van der Waals surface area contributed by atoms with Crippen LogP contribution in [0.2, 0.25) is 0 Å². The normalized spacial score (nSPS) is 18.0. The van der Waals surface area contributed by atoms with E-state index < -0.39 is 9.96 Å². The highest BCUT2D eigenvalue weighted by Crippen LogP contribution is 2.33. The largest absolute Gasteiger partial charge is 0.332 e. The predicted molar refractivity (Wildman–Crippen MR) is 83.5 cm³/mol. The van der Waals surface area contributed by atoms with E-state index in [4.69, 9.17) is 34.8 Å². The van der Waals surface area contributed by atoms with Crippen molar-refractivity contribution in [1.29, 1.82) is 0 Å². The van der Waals surface area contributed by atoms with Crippen molar-refractivity contribution in [3.05, 3.63) is 35.4 Å². The van der Waals surface area contributed by atoms with E-state index in [1.807, 2.05) is 30.0 Å². The van der Waals surface area contributed by atoms with Crippen LogP contribution in [0.15, 0.2) is 24.3 Å². The number of carbonyl (C=O) groups is 1. The van der Waals surface area contributed by atoms with Crippen LogP contribution in [0, 0.1) is 6.92 Å². The number of hydrogen-bond acceptors (Lipinski definition) is 2. The summed E-state index contributed by atoms with van der Waals surface area (Å²) >= 11 is 18.0. The molecule has 6 heteroatoms. The van der Waals surface area contributed by atoms with Crippen molar-refractivity contribution in [1.82, 2.24) is 10.2 Å². The van der Waals surface area contributed by atoms with Crippen LogP contribution in [0.1, 0.15) is 28.8 Å². The molecule has 1 aliphatic rings. The van der Waals surface area contributed by atoms with Crippen molar-refractivity contribution in [2.45, 2.75) is 29.7 Å². The smallest absolute Gasteiger partial charge is 0.252 e. The fourth-order valence-electron chi connectivity index (χ4n) is 2.37. The van der Waals surface area contributed by atoms with Gasteiger partial charge in [0.2, 0.25) is 3.79 Å². The maximum atomic E-state index is 12.3. The van der Waals surface area contributed by atoms with E-state index in [9.17, 15) is 4.79 Å². The lowest BCUT2D eigenvalue weighted by Gasteiger charge is -2.33. The number of carbonyl (C=O) groups excluding carboxylic acids is 1. The molecule has 0 unspecified atom stereocenters. The first-order valence-electron chi connectivity index (χ1n) is 6.56. The molecule has 1 amide bonds. The van der Waals surface area contributed by atoms with Crippen LogP contribution >= 0.6 is 34.8 Å². The van der Waals surface area contributed by atoms with Gasteiger partial charge in [-0.3, -0.25) is 9.69 Å². The van der Waals surface area contributed by atoms with E-state index >= 15 is 0 Å². The first-order chi connectivity index (χ1) is 9.38. The summed E-state index contributed by atoms with van der Waals surface area (Å²) in [7, 11) is 0. The van der Waals surface area contributed by atoms with E-state index in [-0.39, 0.29) is 5.91 Å². The molecule has 1 aromatic carbocycles. The molecule has 1 atom stereocenters. The van der Waals surface area contributed by atoms with Gasteiger partial charge in [0.1, 0.15) is 6.17 Å². The van der Waals surface area contributed by atoms with Gasteiger partial charge in [-0.05, 0) is 31.9 Å². The van der Waals surface area contributed by atoms with Crippen molar-refractivity contribution >= 4 is 40.7 Å². The zero-order chi connectivity index (χ0) is 14.8. The van der Waals surface area contributed by atoms with Gasteiger partial charge in [-0.1, -0.05) is 52.5 Å². The van der Waals surface area contributed by atoms with Crippen LogP contribution < -0.4 is 5.32 Å². The van der Waals surface area contributed by atoms with Gasteiger partial charge in [0, 0.05) is 18.7 Å². The number of rotatable bonds is 3. The van der Waals surface area contributed by atoms with E-state index in [0.29, 0.717) is 5.56 Å². The minimum Gasteiger partial charge on any atom is -0.332 e. The second-order valence-electron chi connectivity index (χ2n) is 5.03. The number of benzene rings is 1. The summed E-state index contributed by atoms with van der Waals surface area (Å²) in [5.74, 6) is -0.225. The summed E-state index contributed by atoms with van der Waals surface area (Å²) in [5.41, 5.74) is 1.59. The number of amides is 1. The Morgan fingerprint density at radius 2 is 1.95 bits per heavy atom. The Bertz CT molecular complexity index is 482. The fourth-order valence-corrected chi connectivity index (χ4v) is 2.95. The molecule has 0 aliphatic carbocycles. The molecule has 0 aromatic heterocycles. The molecule has 1 fully saturated rings. The van der Waals surface area contributed by atoms with Crippen molar-refractivity contribution < 1.29 is 4.79 Å². The SMILES string of the molecule is Cc1cccc(C(=O)N[C@H](N2CCCC2)C(Cl)(Cl)Cl)c1. The van der Waals surface area contributed by atoms with Gasteiger partial charge >= 0.3 is 0 Å². The quantitative estimate of drug-likeness (QED) is 0.857. The Balaban J connectivity index is 2.13. The minimum absolute atomic E-state index is 0.225. The third-order valence-electron chi connectivity index (χ3n) is 3.36. The standard InChI is InChI=1S/C14H17Cl3N2O/c1-10-5-4-6-11(9-10)12(20)18-13(14(15,16)17)19-7-2-3-8-19/h4-6,9,13H,2-3,7-8H2,1H3,(H,18,20)/t13-/m1/s1. The summed E-state index contributed by atoms with van der Waals surface area (Å²) in [5, 5.41) is 2.83. The monoisotopic (exact) mass is 334 g/mol. The average Bonchev–Trinajstić information content (AvgIpc) is 2.87. The molecule has 1 N–H and O–H groups in total. The van der Waals surface area contributed by atoms with Crippen LogP contribution in [-0.2, 0) is 0 Å². The van der Waals surface area contributed by atoms with Gasteiger partial charge < -0.3 is 5.32 Å². The number of halogens is 3. The molecule has 0 radical (unpaired) electrons. The Morgan fingerprint density at radius 1 is 1.30 bits per heavy atom. The van der Waals surface area contributed by atoms with Gasteiger partial charge in [-0.15, -0.1) is 0 Å². The molecule has 1 saturated heterocycles. The molecular weight excluding hydrogens is 319 g/mol. The van der Waals surface area contributed by atoms with E-state index in [1.54, 1.807) is 6.07 Å². The van der Waals surface area contributed by atoms with Gasteiger partial charge in [0.25, 0.3) is 5.91 Å². The zero-order valence-electron chi connectivity index (χ0n) is 11.2. The molecule has 2 rings (SSSR count). The van der Waals surface area contributed by atoms with Crippen LogP contribution in [0.4, 0.5) is 0 Å². The van der Waals surface area contributed by atoms with Crippen LogP contribution in [-0.4, -0.2) is 33.9 Å². The second kappa shape index (κ2) is 6.52. The Hall–Kier alpha value is -0.480. The highest BCUT2D eigenvalue weighted by atomic mass is 35.6. The number of nitrogens with zero attached hydrogens (tertiary/aromatic N) is 1. The van der Waals surface area contributed by atoms with E-state index in [1.165, 1.54) is 0 Å². The first kappa shape index (κ1) is 15.9. The zero-order valence-corrected chi connectivity index (χ0v) is 13.5. The lowest BCUT2D eigenvalue weighted by molar-refractivity contribution is 0.0874. The molecule has 0 spiro atoms. The summed E-state index contributed by atoms with van der Waals surface area (Å²) in [6, 6.07) is 7.34. The number of aryl methyl sites for hydroxylation is 1. The molecule has 1 aromatic rings. The topological polar surface area (TPSA) is 32.3 Å². The summed E-state index contributed by atoms with van der Waals surface area (Å²) < 4.78 is -1.55. The van der Waals surface area contributed by atoms with Gasteiger partial charge in [0.15, 0.2) is 0 Å². The van der Waals surface area contributed by atoms with Crippen LogP contribution in [0.5, 0.6) is 0 Å². The third-order valence-corrected chi connectivity index (χ3v) is 3.98. The van der Waals surface area contributed by atoms with E-state index in [2.05, 4.69) is 5.32 Å². The molecule has 1 aliphatic heterocycles. The van der Waals surface area contributed by atoms with Gasteiger partial charge in [-0.25, -0.2) is 0 Å². The van der Waals surface area contributed by atoms with Crippen LogP contribution in [0.25, 0.3) is 0 Å². The third kappa shape index (κ3) is 4.01. The van der Waals surface area contributed by atoms with Crippen molar-refractivity contribution in [2.24, 2.45) is 0 Å². The molecular formula is C14H17Cl3N2O. The predicted octanol–water partition coefficient (Wildman–Crippen LogP) is 3.52. The van der Waals surface area contributed by atoms with Crippen molar-refractivity contribution in [2.75, 3.05) is 13.1 Å². The van der Waals surface area contributed by atoms with Gasteiger partial charge in [0.05, 0.1) is 0 Å². The highest BCUT2D eigenvalue weighted by molar-refractivity contribution is 6.68. The van der Waals surface area contributed by atoms with Crippen molar-refractivity contribution in [3.8, 4) is 0 Å². The second-order valence-corrected chi connectivity index (χ2v) is 7.40. The Kier molecular flexibility index (Phi) is 5.19. The maximum absolute atomic E-state index is 12.3. The van der Waals surface area contributed by atoms with Crippen molar-refractivity contribution in [3.63, 3.8) is 0 Å². The van der Waals surface area contributed by atoms with Crippen LogP contribution in [0.3, 0.4) is 0 Å².